The minimum Gasteiger partial charge on any atom is -0.493 e. The molecule has 1 N–H and O–H groups in total. The van der Waals surface area contributed by atoms with Crippen LogP contribution in [0.3, 0.4) is 0 Å². The molecular formula is C31H32N4O4. The van der Waals surface area contributed by atoms with Crippen LogP contribution in [0, 0.1) is 0 Å². The molecule has 5 rings (SSSR count). The van der Waals surface area contributed by atoms with Gasteiger partial charge >= 0.3 is 0 Å². The summed E-state index contributed by atoms with van der Waals surface area (Å²) in [6.45, 7) is 2.38. The number of ether oxygens (including phenoxy) is 2. The second kappa shape index (κ2) is 11.4. The molecule has 200 valence electrons. The molecule has 0 spiro atoms. The quantitative estimate of drug-likeness (QED) is 0.339. The van der Waals surface area contributed by atoms with Crippen molar-refractivity contribution in [2.75, 3.05) is 26.1 Å². The van der Waals surface area contributed by atoms with Crippen LogP contribution in [0.2, 0.25) is 0 Å². The van der Waals surface area contributed by atoms with E-state index < -0.39 is 12.0 Å². The average molecular weight is 525 g/mol. The summed E-state index contributed by atoms with van der Waals surface area (Å²) in [5.74, 6) is 0.836. The average Bonchev–Trinajstić information content (AvgIpc) is 3.65. The molecule has 2 heterocycles. The third-order valence-electron chi connectivity index (χ3n) is 7.18. The van der Waals surface area contributed by atoms with Crippen molar-refractivity contribution in [2.24, 2.45) is 0 Å². The first-order valence-electron chi connectivity index (χ1n) is 13.0. The lowest BCUT2D eigenvalue weighted by molar-refractivity contribution is -0.137. The zero-order chi connectivity index (χ0) is 27.4. The fraction of sp³-hybridized carbons (Fsp3) is 0.258. The summed E-state index contributed by atoms with van der Waals surface area (Å²) in [7, 11) is 3.14. The van der Waals surface area contributed by atoms with Crippen molar-refractivity contribution in [3.05, 3.63) is 90.6 Å². The Hall–Kier alpha value is -4.59. The number of para-hydroxylation sites is 1. The Morgan fingerprint density at radius 2 is 1.64 bits per heavy atom. The summed E-state index contributed by atoms with van der Waals surface area (Å²) in [5, 5.41) is 7.75. The summed E-state index contributed by atoms with van der Waals surface area (Å²) >= 11 is 0. The lowest BCUT2D eigenvalue weighted by Crippen LogP contribution is -2.44. The van der Waals surface area contributed by atoms with E-state index in [1.165, 1.54) is 0 Å². The van der Waals surface area contributed by atoms with Crippen LogP contribution in [0.5, 0.6) is 11.5 Å². The third-order valence-corrected chi connectivity index (χ3v) is 7.18. The van der Waals surface area contributed by atoms with E-state index in [1.807, 2.05) is 85.9 Å². The largest absolute Gasteiger partial charge is 0.493 e. The summed E-state index contributed by atoms with van der Waals surface area (Å²) < 4.78 is 12.5. The second-order valence-electron chi connectivity index (χ2n) is 9.55. The van der Waals surface area contributed by atoms with Crippen LogP contribution in [0.1, 0.15) is 31.2 Å². The number of nitrogens with zero attached hydrogens (tertiary/aromatic N) is 3. The van der Waals surface area contributed by atoms with E-state index in [-0.39, 0.29) is 11.8 Å². The van der Waals surface area contributed by atoms with E-state index in [2.05, 4.69) is 5.32 Å². The Balaban J connectivity index is 1.38. The van der Waals surface area contributed by atoms with Crippen LogP contribution in [0.4, 0.5) is 5.82 Å². The molecule has 8 nitrogen and oxygen atoms in total. The Bertz CT molecular complexity index is 1450. The number of nitrogens with one attached hydrogen (secondary N) is 1. The highest BCUT2D eigenvalue weighted by Gasteiger charge is 2.37. The predicted octanol–water partition coefficient (Wildman–Crippen LogP) is 5.29. The van der Waals surface area contributed by atoms with Gasteiger partial charge in [0.15, 0.2) is 17.3 Å². The van der Waals surface area contributed by atoms with Crippen LogP contribution < -0.4 is 14.8 Å². The van der Waals surface area contributed by atoms with Gasteiger partial charge in [0.2, 0.25) is 11.8 Å². The molecule has 8 heteroatoms. The number of carbonyl (C=O) groups is 2. The number of amides is 2. The summed E-state index contributed by atoms with van der Waals surface area (Å²) in [6.07, 6.45) is 3.26. The molecule has 1 fully saturated rings. The van der Waals surface area contributed by atoms with Crippen molar-refractivity contribution in [1.29, 1.82) is 0 Å². The van der Waals surface area contributed by atoms with Crippen molar-refractivity contribution in [3.63, 3.8) is 0 Å². The molecule has 1 aliphatic rings. The first-order valence-corrected chi connectivity index (χ1v) is 13.0. The normalized spacial score (nSPS) is 15.6. The van der Waals surface area contributed by atoms with Gasteiger partial charge in [-0.05, 0) is 55.2 Å². The van der Waals surface area contributed by atoms with E-state index in [1.54, 1.807) is 29.9 Å². The number of rotatable bonds is 8. The SMILES string of the molecule is COc1ccc(C(C)C(=O)N2CCCC2C(=O)Nc2nn(-c3ccccc3)cc2-c2ccccc2)cc1OC. The van der Waals surface area contributed by atoms with Gasteiger partial charge in [0.05, 0.1) is 25.8 Å². The van der Waals surface area contributed by atoms with E-state index in [0.29, 0.717) is 30.3 Å². The predicted molar refractivity (Wildman–Crippen MR) is 150 cm³/mol. The number of benzene rings is 3. The standard InChI is InChI=1S/C31H32N4O4/c1-21(23-16-17-27(38-2)28(19-23)39-3)31(37)34-18-10-15-26(34)30(36)32-29-25(22-11-6-4-7-12-22)20-35(33-29)24-13-8-5-9-14-24/h4-9,11-14,16-17,19-21,26H,10,15,18H2,1-3H3,(H,32,33,36). The van der Waals surface area contributed by atoms with Crippen molar-refractivity contribution in [1.82, 2.24) is 14.7 Å². The summed E-state index contributed by atoms with van der Waals surface area (Å²) in [4.78, 5) is 28.9. The third kappa shape index (κ3) is 5.36. The van der Waals surface area contributed by atoms with Crippen LogP contribution in [0.25, 0.3) is 16.8 Å². The van der Waals surface area contributed by atoms with Crippen LogP contribution in [-0.2, 0) is 9.59 Å². The fourth-order valence-corrected chi connectivity index (χ4v) is 5.02. The molecule has 0 aliphatic carbocycles. The number of hydrogen-bond acceptors (Lipinski definition) is 5. The Morgan fingerprint density at radius 3 is 2.33 bits per heavy atom. The molecule has 1 aromatic heterocycles. The number of likely N-dealkylation sites (tertiary alicyclic amines) is 1. The smallest absolute Gasteiger partial charge is 0.248 e. The lowest BCUT2D eigenvalue weighted by atomic mass is 9.98. The molecular weight excluding hydrogens is 492 g/mol. The highest BCUT2D eigenvalue weighted by Crippen LogP contribution is 2.33. The van der Waals surface area contributed by atoms with Gasteiger partial charge in [0.1, 0.15) is 6.04 Å². The molecule has 1 saturated heterocycles. The number of carbonyl (C=O) groups excluding carboxylic acids is 2. The maximum absolute atomic E-state index is 13.6. The zero-order valence-electron chi connectivity index (χ0n) is 22.3. The van der Waals surface area contributed by atoms with Crippen LogP contribution in [0.15, 0.2) is 85.1 Å². The Morgan fingerprint density at radius 1 is 0.949 bits per heavy atom. The van der Waals surface area contributed by atoms with Crippen LogP contribution >= 0.6 is 0 Å². The second-order valence-corrected chi connectivity index (χ2v) is 9.55. The lowest BCUT2D eigenvalue weighted by Gasteiger charge is -2.27. The molecule has 2 atom stereocenters. The first-order chi connectivity index (χ1) is 19.0. The van der Waals surface area contributed by atoms with Crippen molar-refractivity contribution < 1.29 is 19.1 Å². The molecule has 0 saturated carbocycles. The molecule has 39 heavy (non-hydrogen) atoms. The van der Waals surface area contributed by atoms with Crippen molar-refractivity contribution >= 4 is 17.6 Å². The summed E-state index contributed by atoms with van der Waals surface area (Å²) in [6, 6.07) is 24.5. The topological polar surface area (TPSA) is 85.7 Å². The van der Waals surface area contributed by atoms with Gasteiger partial charge in [-0.2, -0.15) is 0 Å². The zero-order valence-corrected chi connectivity index (χ0v) is 22.3. The maximum atomic E-state index is 13.6. The molecule has 1 aliphatic heterocycles. The van der Waals surface area contributed by atoms with Gasteiger partial charge in [-0.3, -0.25) is 9.59 Å². The fourth-order valence-electron chi connectivity index (χ4n) is 5.02. The monoisotopic (exact) mass is 524 g/mol. The van der Waals surface area contributed by atoms with Crippen molar-refractivity contribution in [2.45, 2.75) is 31.7 Å². The maximum Gasteiger partial charge on any atom is 0.248 e. The van der Waals surface area contributed by atoms with Gasteiger partial charge in [-0.1, -0.05) is 54.6 Å². The van der Waals surface area contributed by atoms with E-state index in [4.69, 9.17) is 14.6 Å². The Labute approximate surface area is 228 Å². The minimum absolute atomic E-state index is 0.0991. The molecule has 0 bridgehead atoms. The Kier molecular flexibility index (Phi) is 7.63. The van der Waals surface area contributed by atoms with Crippen LogP contribution in [-0.4, -0.2) is 53.3 Å². The highest BCUT2D eigenvalue weighted by atomic mass is 16.5. The molecule has 0 radical (unpaired) electrons. The van der Waals surface area contributed by atoms with Gasteiger partial charge < -0.3 is 19.7 Å². The highest BCUT2D eigenvalue weighted by molar-refractivity contribution is 6.00. The number of aromatic nitrogens is 2. The van der Waals surface area contributed by atoms with E-state index in [9.17, 15) is 9.59 Å². The van der Waals surface area contributed by atoms with Crippen molar-refractivity contribution in [3.8, 4) is 28.3 Å². The van der Waals surface area contributed by atoms with E-state index in [0.717, 1.165) is 28.8 Å². The number of methoxy groups -OCH3 is 2. The van der Waals surface area contributed by atoms with Gasteiger partial charge in [0, 0.05) is 18.3 Å². The van der Waals surface area contributed by atoms with Gasteiger partial charge in [-0.15, -0.1) is 5.10 Å². The molecule has 2 amide bonds. The van der Waals surface area contributed by atoms with Gasteiger partial charge in [0.25, 0.3) is 0 Å². The summed E-state index contributed by atoms with van der Waals surface area (Å²) in [5.41, 5.74) is 3.44. The number of anilines is 1. The minimum atomic E-state index is -0.578. The van der Waals surface area contributed by atoms with E-state index >= 15 is 0 Å². The molecule has 4 aromatic rings. The molecule has 3 aromatic carbocycles. The molecule has 2 unspecified atom stereocenters. The number of hydrogen-bond donors (Lipinski definition) is 1. The van der Waals surface area contributed by atoms with Gasteiger partial charge in [-0.25, -0.2) is 4.68 Å². The first kappa shape index (κ1) is 26.0.